The lowest BCUT2D eigenvalue weighted by Gasteiger charge is -2.17. The lowest BCUT2D eigenvalue weighted by molar-refractivity contribution is 0.0765. The number of nitrogens with zero attached hydrogens (tertiary/aromatic N) is 3. The van der Waals surface area contributed by atoms with Crippen LogP contribution in [0.2, 0.25) is 0 Å². The number of nitrogens with one attached hydrogen (secondary N) is 1. The Balaban J connectivity index is 2.07. The molecule has 0 atom stereocenters. The van der Waals surface area contributed by atoms with E-state index in [0.717, 1.165) is 25.1 Å². The Hall–Kier alpha value is -1.83. The Morgan fingerprint density at radius 1 is 1.65 bits per heavy atom. The number of hydrogen-bond donors (Lipinski definition) is 1. The van der Waals surface area contributed by atoms with Crippen molar-refractivity contribution in [3.05, 3.63) is 11.6 Å². The third-order valence-electron chi connectivity index (χ3n) is 2.72. The summed E-state index contributed by atoms with van der Waals surface area (Å²) in [6, 6.07) is 0. The van der Waals surface area contributed by atoms with Crippen molar-refractivity contribution < 1.29 is 4.79 Å². The van der Waals surface area contributed by atoms with Crippen LogP contribution >= 0.6 is 0 Å². The van der Waals surface area contributed by atoms with E-state index in [1.54, 1.807) is 4.90 Å². The standard InChI is InChI=1S/C12H16N4O/c1-3-7-16(8-4-2)12(17)11-13-10(14-15-11)9-5-6-9/h1,9H,4-8H2,2H3,(H,13,14,15). The Morgan fingerprint density at radius 3 is 3.00 bits per heavy atom. The van der Waals surface area contributed by atoms with E-state index in [1.165, 1.54) is 0 Å². The molecule has 1 aromatic heterocycles. The molecule has 1 fully saturated rings. The van der Waals surface area contributed by atoms with E-state index in [4.69, 9.17) is 6.42 Å². The molecule has 0 unspecified atom stereocenters. The van der Waals surface area contributed by atoms with Gasteiger partial charge in [-0.3, -0.25) is 9.89 Å². The van der Waals surface area contributed by atoms with Crippen molar-refractivity contribution >= 4 is 5.91 Å². The smallest absolute Gasteiger partial charge is 0.294 e. The van der Waals surface area contributed by atoms with E-state index in [2.05, 4.69) is 21.1 Å². The lowest BCUT2D eigenvalue weighted by Crippen LogP contribution is -2.32. The summed E-state index contributed by atoms with van der Waals surface area (Å²) < 4.78 is 0. The molecule has 1 heterocycles. The summed E-state index contributed by atoms with van der Waals surface area (Å²) in [7, 11) is 0. The quantitative estimate of drug-likeness (QED) is 0.775. The molecule has 0 radical (unpaired) electrons. The van der Waals surface area contributed by atoms with Gasteiger partial charge in [0.1, 0.15) is 5.82 Å². The molecule has 5 heteroatoms. The van der Waals surface area contributed by atoms with Gasteiger partial charge in [-0.05, 0) is 19.3 Å². The highest BCUT2D eigenvalue weighted by atomic mass is 16.2. The molecule has 0 saturated heterocycles. The number of terminal acetylenes is 1. The van der Waals surface area contributed by atoms with Crippen LogP contribution in [0, 0.1) is 12.3 Å². The van der Waals surface area contributed by atoms with Gasteiger partial charge in [-0.25, -0.2) is 4.98 Å². The van der Waals surface area contributed by atoms with E-state index in [0.29, 0.717) is 19.0 Å². The monoisotopic (exact) mass is 232 g/mol. The maximum atomic E-state index is 12.1. The molecule has 0 spiro atoms. The number of amides is 1. The minimum atomic E-state index is -0.187. The molecule has 90 valence electrons. The lowest BCUT2D eigenvalue weighted by atomic mass is 10.3. The van der Waals surface area contributed by atoms with Gasteiger partial charge in [0.15, 0.2) is 0 Å². The van der Waals surface area contributed by atoms with Gasteiger partial charge in [0.05, 0.1) is 6.54 Å². The fraction of sp³-hybridized carbons (Fsp3) is 0.583. The van der Waals surface area contributed by atoms with Crippen LogP contribution in [0.15, 0.2) is 0 Å². The predicted octanol–water partition coefficient (Wildman–Crippen LogP) is 1.17. The highest BCUT2D eigenvalue weighted by Gasteiger charge is 2.29. The largest absolute Gasteiger partial charge is 0.325 e. The van der Waals surface area contributed by atoms with Gasteiger partial charge in [-0.1, -0.05) is 12.8 Å². The molecule has 1 aliphatic rings. The Labute approximate surface area is 101 Å². The minimum Gasteiger partial charge on any atom is -0.325 e. The molecular formula is C12H16N4O. The summed E-state index contributed by atoms with van der Waals surface area (Å²) >= 11 is 0. The SMILES string of the molecule is C#CCN(CCC)C(=O)c1n[nH]c(C2CC2)n1. The average molecular weight is 232 g/mol. The van der Waals surface area contributed by atoms with Crippen LogP contribution in [0.25, 0.3) is 0 Å². The van der Waals surface area contributed by atoms with Crippen LogP contribution in [-0.2, 0) is 0 Å². The highest BCUT2D eigenvalue weighted by Crippen LogP contribution is 2.37. The molecule has 2 rings (SSSR count). The van der Waals surface area contributed by atoms with Crippen molar-refractivity contribution in [2.45, 2.75) is 32.1 Å². The summed E-state index contributed by atoms with van der Waals surface area (Å²) in [4.78, 5) is 17.9. The van der Waals surface area contributed by atoms with Crippen molar-refractivity contribution in [3.63, 3.8) is 0 Å². The van der Waals surface area contributed by atoms with Gasteiger partial charge in [0, 0.05) is 12.5 Å². The molecule has 1 N–H and O–H groups in total. The van der Waals surface area contributed by atoms with Crippen molar-refractivity contribution in [2.24, 2.45) is 0 Å². The van der Waals surface area contributed by atoms with Crippen LogP contribution in [0.4, 0.5) is 0 Å². The number of aromatic nitrogens is 3. The number of aromatic amines is 1. The van der Waals surface area contributed by atoms with E-state index >= 15 is 0 Å². The summed E-state index contributed by atoms with van der Waals surface area (Å²) in [5.74, 6) is 3.82. The first kappa shape index (κ1) is 11.6. The highest BCUT2D eigenvalue weighted by molar-refractivity contribution is 5.90. The molecular weight excluding hydrogens is 216 g/mol. The molecule has 1 saturated carbocycles. The molecule has 1 amide bonds. The Kier molecular flexibility index (Phi) is 3.43. The number of carbonyl (C=O) groups is 1. The second-order valence-corrected chi connectivity index (χ2v) is 4.25. The summed E-state index contributed by atoms with van der Waals surface area (Å²) in [6.07, 6.45) is 8.38. The van der Waals surface area contributed by atoms with E-state index in [9.17, 15) is 4.79 Å². The average Bonchev–Trinajstić information content (AvgIpc) is 3.06. The minimum absolute atomic E-state index is 0.187. The van der Waals surface area contributed by atoms with Gasteiger partial charge >= 0.3 is 0 Å². The van der Waals surface area contributed by atoms with Crippen molar-refractivity contribution in [2.75, 3.05) is 13.1 Å². The fourth-order valence-electron chi connectivity index (χ4n) is 1.68. The van der Waals surface area contributed by atoms with Gasteiger partial charge in [0.2, 0.25) is 5.82 Å². The summed E-state index contributed by atoms with van der Waals surface area (Å²) in [5, 5.41) is 6.79. The number of carbonyl (C=O) groups excluding carboxylic acids is 1. The zero-order valence-electron chi connectivity index (χ0n) is 9.94. The fourth-order valence-corrected chi connectivity index (χ4v) is 1.68. The molecule has 0 aliphatic heterocycles. The van der Waals surface area contributed by atoms with E-state index in [1.807, 2.05) is 6.92 Å². The first-order valence-corrected chi connectivity index (χ1v) is 5.91. The topological polar surface area (TPSA) is 61.9 Å². The number of H-pyrrole nitrogens is 1. The van der Waals surface area contributed by atoms with E-state index in [-0.39, 0.29) is 11.7 Å². The van der Waals surface area contributed by atoms with Crippen LogP contribution in [0.1, 0.15) is 48.5 Å². The van der Waals surface area contributed by atoms with Crippen molar-refractivity contribution in [1.82, 2.24) is 20.1 Å². The van der Waals surface area contributed by atoms with Crippen LogP contribution in [0.3, 0.4) is 0 Å². The maximum absolute atomic E-state index is 12.1. The molecule has 17 heavy (non-hydrogen) atoms. The van der Waals surface area contributed by atoms with Crippen LogP contribution in [0.5, 0.6) is 0 Å². The third kappa shape index (κ3) is 2.64. The van der Waals surface area contributed by atoms with Gasteiger partial charge in [-0.15, -0.1) is 11.5 Å². The summed E-state index contributed by atoms with van der Waals surface area (Å²) in [5.41, 5.74) is 0. The van der Waals surface area contributed by atoms with Gasteiger partial charge < -0.3 is 4.90 Å². The zero-order chi connectivity index (χ0) is 12.3. The Bertz CT molecular complexity index is 442. The van der Waals surface area contributed by atoms with Crippen molar-refractivity contribution in [3.8, 4) is 12.3 Å². The predicted molar refractivity (Wildman–Crippen MR) is 63.4 cm³/mol. The molecule has 1 aromatic rings. The molecule has 1 aliphatic carbocycles. The van der Waals surface area contributed by atoms with Gasteiger partial charge in [0.25, 0.3) is 5.91 Å². The summed E-state index contributed by atoms with van der Waals surface area (Å²) in [6.45, 7) is 2.95. The second kappa shape index (κ2) is 5.00. The maximum Gasteiger partial charge on any atom is 0.294 e. The van der Waals surface area contributed by atoms with Crippen LogP contribution < -0.4 is 0 Å². The zero-order valence-corrected chi connectivity index (χ0v) is 9.94. The normalized spacial score (nSPS) is 14.4. The number of hydrogen-bond acceptors (Lipinski definition) is 3. The van der Waals surface area contributed by atoms with Gasteiger partial charge in [-0.2, -0.15) is 0 Å². The number of rotatable bonds is 5. The second-order valence-electron chi connectivity index (χ2n) is 4.25. The third-order valence-corrected chi connectivity index (χ3v) is 2.72. The first-order chi connectivity index (χ1) is 8.26. The van der Waals surface area contributed by atoms with E-state index < -0.39 is 0 Å². The Morgan fingerprint density at radius 2 is 2.41 bits per heavy atom. The van der Waals surface area contributed by atoms with Crippen LogP contribution in [-0.4, -0.2) is 39.1 Å². The molecule has 5 nitrogen and oxygen atoms in total. The van der Waals surface area contributed by atoms with Crippen molar-refractivity contribution in [1.29, 1.82) is 0 Å². The molecule has 0 bridgehead atoms. The molecule has 0 aromatic carbocycles. The first-order valence-electron chi connectivity index (χ1n) is 5.91.